The third kappa shape index (κ3) is 4.06. The summed E-state index contributed by atoms with van der Waals surface area (Å²) >= 11 is 0. The highest BCUT2D eigenvalue weighted by atomic mass is 32.2. The zero-order valence-electron chi connectivity index (χ0n) is 12.2. The largest absolute Gasteiger partial charge is 0.493 e. The summed E-state index contributed by atoms with van der Waals surface area (Å²) < 4.78 is 28.6. The second-order valence-electron chi connectivity index (χ2n) is 5.02. The van der Waals surface area contributed by atoms with Gasteiger partial charge in [0.2, 0.25) is 10.0 Å². The van der Waals surface area contributed by atoms with Gasteiger partial charge in [0.1, 0.15) is 5.75 Å². The van der Waals surface area contributed by atoms with Gasteiger partial charge >= 0.3 is 0 Å². The molecular weight excluding hydrogens is 286 g/mol. The van der Waals surface area contributed by atoms with Gasteiger partial charge in [0, 0.05) is 6.42 Å². The fraction of sp³-hybridized carbons (Fsp3) is 0.250. The minimum Gasteiger partial charge on any atom is -0.493 e. The number of rotatable bonds is 5. The maximum atomic E-state index is 11.4. The summed E-state index contributed by atoms with van der Waals surface area (Å²) in [5, 5.41) is 5.15. The van der Waals surface area contributed by atoms with E-state index in [0.717, 1.165) is 23.3 Å². The lowest BCUT2D eigenvalue weighted by molar-refractivity contribution is 0.317. The lowest BCUT2D eigenvalue weighted by atomic mass is 10.1. The fourth-order valence-corrected chi connectivity index (χ4v) is 2.90. The van der Waals surface area contributed by atoms with E-state index in [2.05, 4.69) is 0 Å². The third-order valence-corrected chi connectivity index (χ3v) is 4.14. The topological polar surface area (TPSA) is 69.4 Å². The Bertz CT molecular complexity index is 701. The number of sulfonamides is 1. The van der Waals surface area contributed by atoms with Crippen LogP contribution >= 0.6 is 0 Å². The van der Waals surface area contributed by atoms with Crippen molar-refractivity contribution in [3.8, 4) is 5.75 Å². The molecule has 2 N–H and O–H groups in total. The van der Waals surface area contributed by atoms with Crippen molar-refractivity contribution in [3.63, 3.8) is 0 Å². The van der Waals surface area contributed by atoms with Crippen LogP contribution in [-0.4, -0.2) is 15.0 Å². The number of benzene rings is 2. The molecule has 112 valence electrons. The van der Waals surface area contributed by atoms with E-state index in [1.165, 1.54) is 5.56 Å². The number of nitrogens with two attached hydrogens (primary N) is 1. The molecular formula is C16H19NO3S. The summed E-state index contributed by atoms with van der Waals surface area (Å²) in [7, 11) is -3.68. The van der Waals surface area contributed by atoms with Crippen molar-refractivity contribution in [2.75, 3.05) is 6.61 Å². The molecule has 0 aliphatic rings. The van der Waals surface area contributed by atoms with Crippen LogP contribution in [-0.2, 0) is 16.4 Å². The SMILES string of the molecule is Cc1cc(S(N)(=O)=O)cc(C)c1OCCc1ccccc1. The van der Waals surface area contributed by atoms with Gasteiger partial charge in [0.15, 0.2) is 0 Å². The van der Waals surface area contributed by atoms with Crippen LogP contribution in [0.2, 0.25) is 0 Å². The Morgan fingerprint density at radius 3 is 2.14 bits per heavy atom. The highest BCUT2D eigenvalue weighted by molar-refractivity contribution is 7.89. The van der Waals surface area contributed by atoms with Crippen LogP contribution in [0.4, 0.5) is 0 Å². The summed E-state index contributed by atoms with van der Waals surface area (Å²) in [6.45, 7) is 4.18. The molecule has 2 aromatic carbocycles. The fourth-order valence-electron chi connectivity index (χ4n) is 2.22. The summed E-state index contributed by atoms with van der Waals surface area (Å²) in [5.41, 5.74) is 2.74. The van der Waals surface area contributed by atoms with Crippen molar-refractivity contribution in [3.05, 3.63) is 59.2 Å². The van der Waals surface area contributed by atoms with Crippen LogP contribution in [0.5, 0.6) is 5.75 Å². The van der Waals surface area contributed by atoms with Crippen molar-refractivity contribution in [1.82, 2.24) is 0 Å². The molecule has 0 aliphatic carbocycles. The molecule has 0 amide bonds. The van der Waals surface area contributed by atoms with Gasteiger partial charge in [-0.05, 0) is 42.7 Å². The number of aryl methyl sites for hydroxylation is 2. The Hall–Kier alpha value is -1.85. The van der Waals surface area contributed by atoms with Gasteiger partial charge in [-0.3, -0.25) is 0 Å². The molecule has 0 bridgehead atoms. The summed E-state index contributed by atoms with van der Waals surface area (Å²) in [5.74, 6) is 0.721. The molecule has 4 nitrogen and oxygen atoms in total. The standard InChI is InChI=1S/C16H19NO3S/c1-12-10-15(21(17,18)19)11-13(2)16(12)20-9-8-14-6-4-3-5-7-14/h3-7,10-11H,8-9H2,1-2H3,(H2,17,18,19). The molecule has 2 aromatic rings. The molecule has 0 unspecified atom stereocenters. The van der Waals surface area contributed by atoms with Crippen LogP contribution in [0.25, 0.3) is 0 Å². The maximum absolute atomic E-state index is 11.4. The summed E-state index contributed by atoms with van der Waals surface area (Å²) in [6, 6.07) is 13.1. The van der Waals surface area contributed by atoms with Gasteiger partial charge in [-0.1, -0.05) is 30.3 Å². The zero-order valence-corrected chi connectivity index (χ0v) is 13.0. The molecule has 0 spiro atoms. The van der Waals surface area contributed by atoms with Crippen LogP contribution in [0.1, 0.15) is 16.7 Å². The number of hydrogen-bond acceptors (Lipinski definition) is 3. The Morgan fingerprint density at radius 1 is 1.05 bits per heavy atom. The molecule has 0 atom stereocenters. The van der Waals surface area contributed by atoms with Gasteiger partial charge < -0.3 is 4.74 Å². The first-order chi connectivity index (χ1) is 9.88. The van der Waals surface area contributed by atoms with E-state index >= 15 is 0 Å². The minimum absolute atomic E-state index is 0.118. The Morgan fingerprint density at radius 2 is 1.62 bits per heavy atom. The first-order valence-corrected chi connectivity index (χ1v) is 8.23. The second-order valence-corrected chi connectivity index (χ2v) is 6.58. The molecule has 0 aliphatic heterocycles. The number of ether oxygens (including phenoxy) is 1. The molecule has 0 saturated heterocycles. The average molecular weight is 305 g/mol. The second kappa shape index (κ2) is 6.28. The quantitative estimate of drug-likeness (QED) is 0.923. The van der Waals surface area contributed by atoms with Crippen LogP contribution in [0.15, 0.2) is 47.4 Å². The molecule has 0 aromatic heterocycles. The maximum Gasteiger partial charge on any atom is 0.238 e. The first-order valence-electron chi connectivity index (χ1n) is 6.68. The van der Waals surface area contributed by atoms with Gasteiger partial charge in [-0.15, -0.1) is 0 Å². The van der Waals surface area contributed by atoms with Gasteiger partial charge in [-0.2, -0.15) is 0 Å². The molecule has 0 heterocycles. The molecule has 0 saturated carbocycles. The Labute approximate surface area is 125 Å². The van der Waals surface area contributed by atoms with E-state index < -0.39 is 10.0 Å². The predicted molar refractivity (Wildman–Crippen MR) is 82.9 cm³/mol. The van der Waals surface area contributed by atoms with Gasteiger partial charge in [0.05, 0.1) is 11.5 Å². The number of primary sulfonamides is 1. The average Bonchev–Trinajstić information content (AvgIpc) is 2.42. The van der Waals surface area contributed by atoms with Gasteiger partial charge in [-0.25, -0.2) is 13.6 Å². The molecule has 21 heavy (non-hydrogen) atoms. The predicted octanol–water partition coefficient (Wildman–Crippen LogP) is 2.57. The van der Waals surface area contributed by atoms with Crippen molar-refractivity contribution >= 4 is 10.0 Å². The van der Waals surface area contributed by atoms with Crippen LogP contribution < -0.4 is 9.88 Å². The van der Waals surface area contributed by atoms with E-state index in [-0.39, 0.29) is 4.90 Å². The van der Waals surface area contributed by atoms with E-state index in [9.17, 15) is 8.42 Å². The highest BCUT2D eigenvalue weighted by Crippen LogP contribution is 2.26. The van der Waals surface area contributed by atoms with Crippen molar-refractivity contribution in [2.45, 2.75) is 25.2 Å². The smallest absolute Gasteiger partial charge is 0.238 e. The minimum atomic E-state index is -3.68. The number of hydrogen-bond donors (Lipinski definition) is 1. The third-order valence-electron chi connectivity index (χ3n) is 3.24. The lowest BCUT2D eigenvalue weighted by Gasteiger charge is -2.13. The zero-order chi connectivity index (χ0) is 15.5. The van der Waals surface area contributed by atoms with E-state index in [1.807, 2.05) is 44.2 Å². The molecule has 2 rings (SSSR count). The Kier molecular flexibility index (Phi) is 4.65. The monoisotopic (exact) mass is 305 g/mol. The van der Waals surface area contributed by atoms with E-state index in [4.69, 9.17) is 9.88 Å². The van der Waals surface area contributed by atoms with Crippen molar-refractivity contribution in [1.29, 1.82) is 0 Å². The van der Waals surface area contributed by atoms with Crippen LogP contribution in [0, 0.1) is 13.8 Å². The highest BCUT2D eigenvalue weighted by Gasteiger charge is 2.13. The van der Waals surface area contributed by atoms with Gasteiger partial charge in [0.25, 0.3) is 0 Å². The van der Waals surface area contributed by atoms with Crippen molar-refractivity contribution in [2.24, 2.45) is 5.14 Å². The first kappa shape index (κ1) is 15.5. The van der Waals surface area contributed by atoms with Crippen molar-refractivity contribution < 1.29 is 13.2 Å². The molecule has 0 radical (unpaired) electrons. The summed E-state index contributed by atoms with van der Waals surface area (Å²) in [4.78, 5) is 0.118. The molecule has 0 fully saturated rings. The summed E-state index contributed by atoms with van der Waals surface area (Å²) in [6.07, 6.45) is 0.802. The van der Waals surface area contributed by atoms with E-state index in [0.29, 0.717) is 6.61 Å². The normalized spacial score (nSPS) is 11.4. The lowest BCUT2D eigenvalue weighted by Crippen LogP contribution is -2.13. The van der Waals surface area contributed by atoms with Crippen LogP contribution in [0.3, 0.4) is 0 Å². The van der Waals surface area contributed by atoms with E-state index in [1.54, 1.807) is 12.1 Å². The Balaban J connectivity index is 2.11. The molecule has 5 heteroatoms.